The summed E-state index contributed by atoms with van der Waals surface area (Å²) in [4.78, 5) is 3.78. The van der Waals surface area contributed by atoms with Crippen LogP contribution in [0.25, 0.3) is 0 Å². The summed E-state index contributed by atoms with van der Waals surface area (Å²) in [6.45, 7) is 4.00. The first-order valence-corrected chi connectivity index (χ1v) is 3.98. The topological polar surface area (TPSA) is 12.9 Å². The zero-order valence-electron chi connectivity index (χ0n) is 6.71. The fraction of sp³-hybridized carbons (Fsp3) is 0.375. The Morgan fingerprint density at radius 3 is 1.40 bits per heavy atom. The van der Waals surface area contributed by atoms with E-state index < -0.39 is 0 Å². The van der Waals surface area contributed by atoms with Gasteiger partial charge in [0.15, 0.2) is 0 Å². The first-order valence-electron chi connectivity index (χ1n) is 3.23. The van der Waals surface area contributed by atoms with Crippen molar-refractivity contribution >= 4 is 11.6 Å². The normalized spacial score (nSPS) is 6.00. The molecular formula is C8H14ClN. The van der Waals surface area contributed by atoms with E-state index in [4.69, 9.17) is 0 Å². The second-order valence-electron chi connectivity index (χ2n) is 1.02. The summed E-state index contributed by atoms with van der Waals surface area (Å²) >= 11 is 4.64. The Kier molecular flexibility index (Phi) is 19.2. The second-order valence-corrected chi connectivity index (χ2v) is 1.02. The molecule has 1 rings (SSSR count). The van der Waals surface area contributed by atoms with Gasteiger partial charge in [-0.1, -0.05) is 19.9 Å². The standard InChI is InChI=1S/C5H5N.C2H6.CH3Cl/c1-2-4-6-5-3-1;2*1-2/h1-5H;1-2H3;1H3. The molecule has 0 amide bonds. The zero-order valence-corrected chi connectivity index (χ0v) is 7.47. The molecule has 0 unspecified atom stereocenters. The van der Waals surface area contributed by atoms with Crippen LogP contribution < -0.4 is 0 Å². The van der Waals surface area contributed by atoms with Crippen LogP contribution in [0.5, 0.6) is 0 Å². The number of aromatic nitrogens is 1. The van der Waals surface area contributed by atoms with Gasteiger partial charge >= 0.3 is 0 Å². The fourth-order valence-electron chi connectivity index (χ4n) is 0.313. The molecular weight excluding hydrogens is 146 g/mol. The third kappa shape index (κ3) is 10.4. The zero-order chi connectivity index (χ0) is 8.24. The molecule has 10 heavy (non-hydrogen) atoms. The van der Waals surface area contributed by atoms with E-state index in [0.29, 0.717) is 0 Å². The summed E-state index contributed by atoms with van der Waals surface area (Å²) in [5.74, 6) is 0. The van der Waals surface area contributed by atoms with Crippen LogP contribution in [0.1, 0.15) is 13.8 Å². The molecule has 0 radical (unpaired) electrons. The number of hydrogen-bond acceptors (Lipinski definition) is 1. The number of rotatable bonds is 0. The van der Waals surface area contributed by atoms with Crippen LogP contribution in [0.4, 0.5) is 0 Å². The minimum absolute atomic E-state index is 1.47. The summed E-state index contributed by atoms with van der Waals surface area (Å²) in [7, 11) is 0. The maximum Gasteiger partial charge on any atom is 0.0267 e. The van der Waals surface area contributed by atoms with Crippen LogP contribution in [0, 0.1) is 0 Å². The van der Waals surface area contributed by atoms with Crippen LogP contribution in [-0.4, -0.2) is 11.4 Å². The van der Waals surface area contributed by atoms with Crippen LogP contribution in [0.3, 0.4) is 0 Å². The quantitative estimate of drug-likeness (QED) is 0.531. The molecule has 0 aliphatic rings. The largest absolute Gasteiger partial charge is 0.265 e. The van der Waals surface area contributed by atoms with E-state index in [1.165, 1.54) is 6.38 Å². The van der Waals surface area contributed by atoms with E-state index in [1.54, 1.807) is 12.4 Å². The van der Waals surface area contributed by atoms with Crippen molar-refractivity contribution in [3.63, 3.8) is 0 Å². The third-order valence-electron chi connectivity index (χ3n) is 0.566. The molecule has 0 saturated heterocycles. The average Bonchev–Trinajstić information content (AvgIpc) is 2.14. The number of alkyl halides is 1. The Labute approximate surface area is 68.1 Å². The van der Waals surface area contributed by atoms with Crippen molar-refractivity contribution in [2.45, 2.75) is 13.8 Å². The van der Waals surface area contributed by atoms with E-state index in [2.05, 4.69) is 16.6 Å². The second kappa shape index (κ2) is 15.8. The van der Waals surface area contributed by atoms with Crippen LogP contribution >= 0.6 is 11.6 Å². The Morgan fingerprint density at radius 2 is 1.30 bits per heavy atom. The lowest BCUT2D eigenvalue weighted by Gasteiger charge is -1.70. The van der Waals surface area contributed by atoms with Gasteiger partial charge in [0.1, 0.15) is 0 Å². The third-order valence-corrected chi connectivity index (χ3v) is 0.566. The minimum atomic E-state index is 1.47. The SMILES string of the molecule is CC.CCl.c1ccncc1. The van der Waals surface area contributed by atoms with E-state index >= 15 is 0 Å². The molecule has 2 heteroatoms. The van der Waals surface area contributed by atoms with E-state index in [-0.39, 0.29) is 0 Å². The van der Waals surface area contributed by atoms with Gasteiger partial charge in [0, 0.05) is 18.8 Å². The van der Waals surface area contributed by atoms with Gasteiger partial charge in [0.2, 0.25) is 0 Å². The van der Waals surface area contributed by atoms with Crippen molar-refractivity contribution in [3.8, 4) is 0 Å². The van der Waals surface area contributed by atoms with Gasteiger partial charge in [-0.2, -0.15) is 0 Å². The Bertz CT molecular complexity index is 81.2. The molecule has 0 atom stereocenters. The first kappa shape index (κ1) is 12.1. The summed E-state index contributed by atoms with van der Waals surface area (Å²) < 4.78 is 0. The van der Waals surface area contributed by atoms with Crippen molar-refractivity contribution in [1.82, 2.24) is 4.98 Å². The number of pyridine rings is 1. The monoisotopic (exact) mass is 159 g/mol. The van der Waals surface area contributed by atoms with E-state index in [9.17, 15) is 0 Å². The predicted octanol–water partition coefficient (Wildman–Crippen LogP) is 2.96. The van der Waals surface area contributed by atoms with Crippen molar-refractivity contribution in [2.24, 2.45) is 0 Å². The van der Waals surface area contributed by atoms with Gasteiger partial charge in [0.25, 0.3) is 0 Å². The lowest BCUT2D eigenvalue weighted by Crippen LogP contribution is -1.58. The summed E-state index contributed by atoms with van der Waals surface area (Å²) in [5, 5.41) is 0. The molecule has 0 bridgehead atoms. The Morgan fingerprint density at radius 1 is 0.900 bits per heavy atom. The van der Waals surface area contributed by atoms with Gasteiger partial charge in [-0.05, 0) is 12.1 Å². The predicted molar refractivity (Wildman–Crippen MR) is 47.4 cm³/mol. The van der Waals surface area contributed by atoms with Crippen LogP contribution in [0.15, 0.2) is 30.6 Å². The lowest BCUT2D eigenvalue weighted by molar-refractivity contribution is 1.33. The van der Waals surface area contributed by atoms with Gasteiger partial charge in [0.05, 0.1) is 0 Å². The molecule has 0 fully saturated rings. The molecule has 1 aromatic rings. The minimum Gasteiger partial charge on any atom is -0.265 e. The maximum atomic E-state index is 4.64. The average molecular weight is 160 g/mol. The molecule has 1 aromatic heterocycles. The molecule has 0 saturated carbocycles. The summed E-state index contributed by atoms with van der Waals surface area (Å²) in [5.41, 5.74) is 0. The van der Waals surface area contributed by atoms with Crippen molar-refractivity contribution < 1.29 is 0 Å². The highest BCUT2D eigenvalue weighted by atomic mass is 35.5. The molecule has 0 aromatic carbocycles. The van der Waals surface area contributed by atoms with E-state index in [1.807, 2.05) is 32.0 Å². The van der Waals surface area contributed by atoms with Crippen LogP contribution in [0.2, 0.25) is 0 Å². The highest BCUT2D eigenvalue weighted by molar-refractivity contribution is 6.15. The number of nitrogens with zero attached hydrogens (tertiary/aromatic N) is 1. The molecule has 0 N–H and O–H groups in total. The highest BCUT2D eigenvalue weighted by Gasteiger charge is 1.58. The molecule has 1 heterocycles. The van der Waals surface area contributed by atoms with Crippen molar-refractivity contribution in [2.75, 3.05) is 6.38 Å². The highest BCUT2D eigenvalue weighted by Crippen LogP contribution is 1.73. The molecule has 0 spiro atoms. The van der Waals surface area contributed by atoms with Gasteiger partial charge in [-0.15, -0.1) is 11.6 Å². The lowest BCUT2D eigenvalue weighted by atomic mass is 10.5. The smallest absolute Gasteiger partial charge is 0.0267 e. The number of halogens is 1. The first-order chi connectivity index (χ1) is 5.00. The van der Waals surface area contributed by atoms with Crippen LogP contribution in [-0.2, 0) is 0 Å². The van der Waals surface area contributed by atoms with E-state index in [0.717, 1.165) is 0 Å². The number of hydrogen-bond donors (Lipinski definition) is 0. The summed E-state index contributed by atoms with van der Waals surface area (Å²) in [6.07, 6.45) is 4.97. The maximum absolute atomic E-state index is 4.64. The summed E-state index contributed by atoms with van der Waals surface area (Å²) in [6, 6.07) is 5.72. The Balaban J connectivity index is 0. The van der Waals surface area contributed by atoms with Gasteiger partial charge < -0.3 is 0 Å². The van der Waals surface area contributed by atoms with Gasteiger partial charge in [-0.25, -0.2) is 0 Å². The van der Waals surface area contributed by atoms with Crippen molar-refractivity contribution in [1.29, 1.82) is 0 Å². The molecule has 1 nitrogen and oxygen atoms in total. The molecule has 0 aliphatic heterocycles. The molecule has 0 aliphatic carbocycles. The molecule has 58 valence electrons. The fourth-order valence-corrected chi connectivity index (χ4v) is 0.313. The van der Waals surface area contributed by atoms with Crippen molar-refractivity contribution in [3.05, 3.63) is 30.6 Å². The Hall–Kier alpha value is -0.560. The van der Waals surface area contributed by atoms with Gasteiger partial charge in [-0.3, -0.25) is 4.98 Å².